The molecule has 0 heterocycles. The van der Waals surface area contributed by atoms with Gasteiger partial charge in [-0.2, -0.15) is 0 Å². The van der Waals surface area contributed by atoms with Crippen LogP contribution in [0.5, 0.6) is 0 Å². The summed E-state index contributed by atoms with van der Waals surface area (Å²) in [7, 11) is 0. The van der Waals surface area contributed by atoms with Gasteiger partial charge in [0.15, 0.2) is 0 Å². The molecule has 0 saturated carbocycles. The molecule has 0 N–H and O–H groups in total. The van der Waals surface area contributed by atoms with Crippen LogP contribution in [-0.2, 0) is 6.42 Å². The lowest BCUT2D eigenvalue weighted by molar-refractivity contribution is 1.09. The maximum Gasteiger partial charge on any atom is -0.0149 e. The van der Waals surface area contributed by atoms with Crippen LogP contribution in [0.3, 0.4) is 0 Å². The zero-order valence-corrected chi connectivity index (χ0v) is 13.0. The molecule has 0 bridgehead atoms. The first kappa shape index (κ1) is 13.9. The highest BCUT2D eigenvalue weighted by Crippen LogP contribution is 2.32. The fourth-order valence-electron chi connectivity index (χ4n) is 2.80. The Morgan fingerprint density at radius 2 is 1.16 bits per heavy atom. The van der Waals surface area contributed by atoms with Gasteiger partial charge in [0.05, 0.1) is 0 Å². The zero-order chi connectivity index (χ0) is 14.2. The van der Waals surface area contributed by atoms with Crippen molar-refractivity contribution in [2.75, 3.05) is 0 Å². The highest BCUT2D eigenvalue weighted by atomic mass is 14.2. The van der Waals surface area contributed by atoms with Gasteiger partial charge in [-0.05, 0) is 85.5 Å². The van der Waals surface area contributed by atoms with Crippen molar-refractivity contribution < 1.29 is 0 Å². The maximum absolute atomic E-state index is 2.29. The third-order valence-corrected chi connectivity index (χ3v) is 4.63. The lowest BCUT2D eigenvalue weighted by atomic mass is 9.88. The van der Waals surface area contributed by atoms with Gasteiger partial charge >= 0.3 is 0 Å². The number of benzene rings is 2. The minimum Gasteiger partial charge on any atom is -0.0613 e. The van der Waals surface area contributed by atoms with E-state index in [9.17, 15) is 0 Å². The second kappa shape index (κ2) is 5.21. The molecule has 2 aromatic carbocycles. The van der Waals surface area contributed by atoms with E-state index in [-0.39, 0.29) is 0 Å². The van der Waals surface area contributed by atoms with Gasteiger partial charge in [-0.1, -0.05) is 31.2 Å². The van der Waals surface area contributed by atoms with Crippen LogP contribution in [0.25, 0.3) is 11.1 Å². The van der Waals surface area contributed by atoms with Crippen LogP contribution in [-0.4, -0.2) is 0 Å². The van der Waals surface area contributed by atoms with Gasteiger partial charge in [0.25, 0.3) is 0 Å². The molecule has 0 saturated heterocycles. The van der Waals surface area contributed by atoms with Crippen molar-refractivity contribution in [3.8, 4) is 11.1 Å². The number of aryl methyl sites for hydroxylation is 2. The van der Waals surface area contributed by atoms with Crippen LogP contribution >= 0.6 is 0 Å². The molecule has 19 heavy (non-hydrogen) atoms. The lowest BCUT2D eigenvalue weighted by Crippen LogP contribution is -1.96. The smallest absolute Gasteiger partial charge is 0.0149 e. The van der Waals surface area contributed by atoms with Crippen molar-refractivity contribution in [1.29, 1.82) is 0 Å². The van der Waals surface area contributed by atoms with Crippen molar-refractivity contribution in [3.05, 3.63) is 57.6 Å². The third kappa shape index (κ3) is 2.32. The monoisotopic (exact) mass is 252 g/mol. The molecule has 0 heteroatoms. The van der Waals surface area contributed by atoms with Gasteiger partial charge in [0, 0.05) is 0 Å². The van der Waals surface area contributed by atoms with Crippen LogP contribution in [0.2, 0.25) is 0 Å². The van der Waals surface area contributed by atoms with Crippen molar-refractivity contribution in [2.24, 2.45) is 0 Å². The van der Waals surface area contributed by atoms with E-state index in [1.807, 2.05) is 0 Å². The molecule has 0 aliphatic carbocycles. The molecule has 100 valence electrons. The fourth-order valence-corrected chi connectivity index (χ4v) is 2.80. The van der Waals surface area contributed by atoms with E-state index in [0.29, 0.717) is 0 Å². The molecule has 0 radical (unpaired) electrons. The summed E-state index contributed by atoms with van der Waals surface area (Å²) >= 11 is 0. The summed E-state index contributed by atoms with van der Waals surface area (Å²) in [5.74, 6) is 0. The van der Waals surface area contributed by atoms with Crippen LogP contribution in [0.1, 0.15) is 40.3 Å². The second-order valence-corrected chi connectivity index (χ2v) is 5.56. The van der Waals surface area contributed by atoms with E-state index >= 15 is 0 Å². The summed E-state index contributed by atoms with van der Waals surface area (Å²) in [6.07, 6.45) is 1.11. The quantitative estimate of drug-likeness (QED) is 0.666. The standard InChI is InChI=1S/C19H24/c1-7-17-9-11-19(16(6)14(17)4)18-10-8-12(2)13(3)15(18)5/h8-11H,7H2,1-6H3. The Labute approximate surface area is 117 Å². The van der Waals surface area contributed by atoms with Crippen LogP contribution < -0.4 is 0 Å². The van der Waals surface area contributed by atoms with Gasteiger partial charge in [-0.15, -0.1) is 0 Å². The van der Waals surface area contributed by atoms with E-state index in [2.05, 4.69) is 65.8 Å². The Morgan fingerprint density at radius 1 is 0.632 bits per heavy atom. The first-order valence-electron chi connectivity index (χ1n) is 7.13. The number of hydrogen-bond acceptors (Lipinski definition) is 0. The van der Waals surface area contributed by atoms with Crippen molar-refractivity contribution in [3.63, 3.8) is 0 Å². The Balaban J connectivity index is 2.67. The summed E-state index contributed by atoms with van der Waals surface area (Å²) in [4.78, 5) is 0. The average molecular weight is 252 g/mol. The first-order chi connectivity index (χ1) is 8.97. The van der Waals surface area contributed by atoms with E-state index < -0.39 is 0 Å². The number of rotatable bonds is 2. The molecule has 0 spiro atoms. The molecule has 0 aromatic heterocycles. The normalized spacial score (nSPS) is 10.8. The molecule has 0 nitrogen and oxygen atoms in total. The van der Waals surface area contributed by atoms with E-state index in [1.54, 1.807) is 0 Å². The second-order valence-electron chi connectivity index (χ2n) is 5.56. The summed E-state index contributed by atoms with van der Waals surface area (Å²) in [5.41, 5.74) is 11.3. The molecule has 0 aliphatic rings. The Bertz CT molecular complexity index is 618. The topological polar surface area (TPSA) is 0 Å². The van der Waals surface area contributed by atoms with Crippen molar-refractivity contribution >= 4 is 0 Å². The van der Waals surface area contributed by atoms with Crippen LogP contribution in [0.15, 0.2) is 24.3 Å². The van der Waals surface area contributed by atoms with E-state index in [4.69, 9.17) is 0 Å². The average Bonchev–Trinajstić information content (AvgIpc) is 2.40. The van der Waals surface area contributed by atoms with E-state index in [0.717, 1.165) is 6.42 Å². The maximum atomic E-state index is 2.29. The first-order valence-corrected chi connectivity index (χ1v) is 7.13. The van der Waals surface area contributed by atoms with Crippen molar-refractivity contribution in [2.45, 2.75) is 48.0 Å². The molecule has 2 aromatic rings. The van der Waals surface area contributed by atoms with Gasteiger partial charge in [-0.25, -0.2) is 0 Å². The lowest BCUT2D eigenvalue weighted by Gasteiger charge is -2.16. The van der Waals surface area contributed by atoms with Crippen molar-refractivity contribution in [1.82, 2.24) is 0 Å². The molecular formula is C19H24. The summed E-state index contributed by atoms with van der Waals surface area (Å²) in [5, 5.41) is 0. The SMILES string of the molecule is CCc1ccc(-c2ccc(C)c(C)c2C)c(C)c1C. The minimum atomic E-state index is 1.11. The molecule has 0 atom stereocenters. The fraction of sp³-hybridized carbons (Fsp3) is 0.368. The third-order valence-electron chi connectivity index (χ3n) is 4.63. The molecule has 0 unspecified atom stereocenters. The number of hydrogen-bond donors (Lipinski definition) is 0. The zero-order valence-electron chi connectivity index (χ0n) is 13.0. The molecule has 0 fully saturated rings. The predicted molar refractivity (Wildman–Crippen MR) is 84.9 cm³/mol. The van der Waals surface area contributed by atoms with Crippen LogP contribution in [0.4, 0.5) is 0 Å². The van der Waals surface area contributed by atoms with Crippen LogP contribution in [0, 0.1) is 34.6 Å². The Hall–Kier alpha value is -1.56. The highest BCUT2D eigenvalue weighted by Gasteiger charge is 2.11. The van der Waals surface area contributed by atoms with Gasteiger partial charge in [-0.3, -0.25) is 0 Å². The minimum absolute atomic E-state index is 1.11. The summed E-state index contributed by atoms with van der Waals surface area (Å²) < 4.78 is 0. The molecular weight excluding hydrogens is 228 g/mol. The van der Waals surface area contributed by atoms with E-state index in [1.165, 1.54) is 44.5 Å². The molecule has 2 rings (SSSR count). The Kier molecular flexibility index (Phi) is 3.80. The Morgan fingerprint density at radius 3 is 1.74 bits per heavy atom. The summed E-state index contributed by atoms with van der Waals surface area (Å²) in [6, 6.07) is 9.08. The van der Waals surface area contributed by atoms with Gasteiger partial charge in [0.1, 0.15) is 0 Å². The molecule has 0 amide bonds. The van der Waals surface area contributed by atoms with Gasteiger partial charge < -0.3 is 0 Å². The predicted octanol–water partition coefficient (Wildman–Crippen LogP) is 5.46. The highest BCUT2D eigenvalue weighted by molar-refractivity contribution is 5.73. The summed E-state index contributed by atoms with van der Waals surface area (Å²) in [6.45, 7) is 13.4. The van der Waals surface area contributed by atoms with Gasteiger partial charge in [0.2, 0.25) is 0 Å². The molecule has 0 aliphatic heterocycles. The largest absolute Gasteiger partial charge is 0.0613 e.